The molecular weight excluding hydrogens is 194 g/mol. The van der Waals surface area contributed by atoms with E-state index in [2.05, 4.69) is 5.16 Å². The van der Waals surface area contributed by atoms with Gasteiger partial charge in [0.2, 0.25) is 11.8 Å². The number of rotatable bonds is 1. The van der Waals surface area contributed by atoms with Gasteiger partial charge >= 0.3 is 0 Å². The minimum atomic E-state index is 0.265. The van der Waals surface area contributed by atoms with Gasteiger partial charge in [-0.15, -0.1) is 0 Å². The zero-order valence-electron chi connectivity index (χ0n) is 8.40. The zero-order chi connectivity index (χ0) is 10.4. The number of carbonyl (C=O) groups is 1. The van der Waals surface area contributed by atoms with Crippen LogP contribution in [0.5, 0.6) is 0 Å². The van der Waals surface area contributed by atoms with Crippen LogP contribution >= 0.6 is 0 Å². The van der Waals surface area contributed by atoms with Crippen molar-refractivity contribution < 1.29 is 9.32 Å². The number of hydrogen-bond acceptors (Lipinski definition) is 4. The molecule has 0 spiro atoms. The maximum atomic E-state index is 11.8. The second-order valence-corrected chi connectivity index (χ2v) is 4.26. The van der Waals surface area contributed by atoms with Crippen molar-refractivity contribution in [2.75, 3.05) is 12.3 Å². The normalized spacial score (nSPS) is 20.1. The molecule has 1 aliphatic carbocycles. The van der Waals surface area contributed by atoms with E-state index < -0.39 is 0 Å². The van der Waals surface area contributed by atoms with Crippen LogP contribution in [0, 0.1) is 5.92 Å². The molecular formula is C10H13N3O2. The molecule has 1 aromatic heterocycles. The Bertz CT molecular complexity index is 409. The summed E-state index contributed by atoms with van der Waals surface area (Å²) in [5.41, 5.74) is 7.46. The van der Waals surface area contributed by atoms with Crippen LogP contribution in [-0.2, 0) is 17.8 Å². The van der Waals surface area contributed by atoms with Crippen molar-refractivity contribution in [2.45, 2.75) is 25.8 Å². The van der Waals surface area contributed by atoms with Crippen molar-refractivity contribution in [3.05, 3.63) is 11.3 Å². The number of hydrogen-bond donors (Lipinski definition) is 1. The summed E-state index contributed by atoms with van der Waals surface area (Å²) in [4.78, 5) is 13.7. The average Bonchev–Trinajstić information content (AvgIpc) is 3.04. The van der Waals surface area contributed by atoms with Gasteiger partial charge in [0, 0.05) is 18.9 Å². The third-order valence-electron chi connectivity index (χ3n) is 3.11. The van der Waals surface area contributed by atoms with Crippen LogP contribution < -0.4 is 5.73 Å². The largest absolute Gasteiger partial charge is 0.367 e. The Hall–Kier alpha value is -1.52. The molecule has 0 unspecified atom stereocenters. The van der Waals surface area contributed by atoms with E-state index in [1.165, 1.54) is 0 Å². The Morgan fingerprint density at radius 2 is 2.33 bits per heavy atom. The predicted molar refractivity (Wildman–Crippen MR) is 52.8 cm³/mol. The molecule has 1 amide bonds. The first-order valence-corrected chi connectivity index (χ1v) is 5.27. The maximum Gasteiger partial charge on any atom is 0.227 e. The molecule has 1 aromatic rings. The topological polar surface area (TPSA) is 72.4 Å². The molecule has 0 bridgehead atoms. The fraction of sp³-hybridized carbons (Fsp3) is 0.600. The molecule has 5 heteroatoms. The zero-order valence-corrected chi connectivity index (χ0v) is 8.40. The quantitative estimate of drug-likeness (QED) is 0.730. The van der Waals surface area contributed by atoms with Gasteiger partial charge in [-0.1, -0.05) is 5.16 Å². The maximum absolute atomic E-state index is 11.8. The van der Waals surface area contributed by atoms with Gasteiger partial charge in [-0.25, -0.2) is 0 Å². The molecule has 2 aliphatic rings. The number of nitrogens with two attached hydrogens (primary N) is 1. The number of amides is 1. The number of carbonyl (C=O) groups excluding carboxylic acids is 1. The lowest BCUT2D eigenvalue weighted by Crippen LogP contribution is -2.36. The Kier molecular flexibility index (Phi) is 1.74. The van der Waals surface area contributed by atoms with Crippen LogP contribution in [0.4, 0.5) is 5.88 Å². The van der Waals surface area contributed by atoms with Crippen LogP contribution in [0.2, 0.25) is 0 Å². The lowest BCUT2D eigenvalue weighted by molar-refractivity contribution is -0.133. The van der Waals surface area contributed by atoms with Gasteiger partial charge in [0.05, 0.1) is 17.8 Å². The molecule has 1 fully saturated rings. The third-order valence-corrected chi connectivity index (χ3v) is 3.11. The molecule has 2 heterocycles. The highest BCUT2D eigenvalue weighted by Crippen LogP contribution is 2.33. The van der Waals surface area contributed by atoms with Gasteiger partial charge in [-0.2, -0.15) is 0 Å². The summed E-state index contributed by atoms with van der Waals surface area (Å²) >= 11 is 0. The Morgan fingerprint density at radius 3 is 3.07 bits per heavy atom. The monoisotopic (exact) mass is 207 g/mol. The highest BCUT2D eigenvalue weighted by Gasteiger charge is 2.35. The van der Waals surface area contributed by atoms with Crippen molar-refractivity contribution in [3.63, 3.8) is 0 Å². The van der Waals surface area contributed by atoms with E-state index in [1.54, 1.807) is 0 Å². The van der Waals surface area contributed by atoms with Crippen LogP contribution in [0.1, 0.15) is 24.1 Å². The van der Waals surface area contributed by atoms with E-state index in [1.807, 2.05) is 4.90 Å². The minimum absolute atomic E-state index is 0.265. The van der Waals surface area contributed by atoms with E-state index in [9.17, 15) is 4.79 Å². The number of nitrogens with zero attached hydrogens (tertiary/aromatic N) is 2. The first-order valence-electron chi connectivity index (χ1n) is 5.27. The first kappa shape index (κ1) is 8.76. The number of nitrogen functional groups attached to an aromatic ring is 1. The lowest BCUT2D eigenvalue weighted by atomic mass is 10.1. The Morgan fingerprint density at radius 1 is 1.53 bits per heavy atom. The van der Waals surface area contributed by atoms with Crippen LogP contribution in [0.15, 0.2) is 4.52 Å². The fourth-order valence-electron chi connectivity index (χ4n) is 2.01. The van der Waals surface area contributed by atoms with Crippen molar-refractivity contribution in [1.29, 1.82) is 0 Å². The van der Waals surface area contributed by atoms with Crippen LogP contribution in [0.3, 0.4) is 0 Å². The summed E-state index contributed by atoms with van der Waals surface area (Å²) in [7, 11) is 0. The van der Waals surface area contributed by atoms with E-state index in [0.717, 1.165) is 37.1 Å². The summed E-state index contributed by atoms with van der Waals surface area (Å²) in [6.45, 7) is 1.31. The molecule has 80 valence electrons. The molecule has 2 N–H and O–H groups in total. The third kappa shape index (κ3) is 1.38. The van der Waals surface area contributed by atoms with E-state index in [-0.39, 0.29) is 11.8 Å². The van der Waals surface area contributed by atoms with Crippen molar-refractivity contribution in [3.8, 4) is 0 Å². The highest BCUT2D eigenvalue weighted by atomic mass is 16.5. The first-order chi connectivity index (χ1) is 7.25. The molecule has 3 rings (SSSR count). The lowest BCUT2D eigenvalue weighted by Gasteiger charge is -2.26. The molecule has 0 radical (unpaired) electrons. The molecule has 5 nitrogen and oxygen atoms in total. The number of anilines is 1. The van der Waals surface area contributed by atoms with Crippen LogP contribution in [-0.4, -0.2) is 22.5 Å². The molecule has 15 heavy (non-hydrogen) atoms. The van der Waals surface area contributed by atoms with Crippen LogP contribution in [0.25, 0.3) is 0 Å². The molecule has 0 saturated heterocycles. The average molecular weight is 207 g/mol. The summed E-state index contributed by atoms with van der Waals surface area (Å²) in [6, 6.07) is 0. The van der Waals surface area contributed by atoms with Gasteiger partial charge < -0.3 is 15.2 Å². The summed E-state index contributed by atoms with van der Waals surface area (Å²) < 4.78 is 4.91. The van der Waals surface area contributed by atoms with Gasteiger partial charge in [0.15, 0.2) is 0 Å². The Labute approximate surface area is 87.2 Å². The van der Waals surface area contributed by atoms with E-state index >= 15 is 0 Å². The van der Waals surface area contributed by atoms with Gasteiger partial charge in [-0.05, 0) is 12.8 Å². The Balaban J connectivity index is 1.81. The molecule has 0 atom stereocenters. The smallest absolute Gasteiger partial charge is 0.227 e. The van der Waals surface area contributed by atoms with Crippen molar-refractivity contribution >= 4 is 11.8 Å². The predicted octanol–water partition coefficient (Wildman–Crippen LogP) is 0.551. The SMILES string of the molecule is Nc1onc2c1CN(C(=O)C1CC1)CC2. The second-order valence-electron chi connectivity index (χ2n) is 4.26. The fourth-order valence-corrected chi connectivity index (χ4v) is 2.01. The minimum Gasteiger partial charge on any atom is -0.367 e. The molecule has 1 aliphatic heterocycles. The van der Waals surface area contributed by atoms with Crippen molar-refractivity contribution in [2.24, 2.45) is 5.92 Å². The highest BCUT2D eigenvalue weighted by molar-refractivity contribution is 5.81. The van der Waals surface area contributed by atoms with Crippen molar-refractivity contribution in [1.82, 2.24) is 10.1 Å². The molecule has 0 aromatic carbocycles. The van der Waals surface area contributed by atoms with Gasteiger partial charge in [-0.3, -0.25) is 4.79 Å². The van der Waals surface area contributed by atoms with Gasteiger partial charge in [0.25, 0.3) is 0 Å². The summed E-state index contributed by atoms with van der Waals surface area (Å²) in [6.07, 6.45) is 2.84. The number of aromatic nitrogens is 1. The summed E-state index contributed by atoms with van der Waals surface area (Å²) in [5, 5.41) is 3.87. The van der Waals surface area contributed by atoms with Gasteiger partial charge in [0.1, 0.15) is 0 Å². The number of fused-ring (bicyclic) bond motifs is 1. The standard InChI is InChI=1S/C10H13N3O2/c11-9-7-5-13(10(14)6-1-2-6)4-3-8(7)12-15-9/h6H,1-5,11H2. The second kappa shape index (κ2) is 2.98. The van der Waals surface area contributed by atoms with E-state index in [0.29, 0.717) is 12.4 Å². The molecule has 1 saturated carbocycles. The van der Waals surface area contributed by atoms with E-state index in [4.69, 9.17) is 10.3 Å². The summed E-state index contributed by atoms with van der Waals surface area (Å²) in [5.74, 6) is 0.896.